The maximum Gasteiger partial charge on any atom is 0.227 e. The molecule has 0 N–H and O–H groups in total. The van der Waals surface area contributed by atoms with Crippen LogP contribution in [-0.4, -0.2) is 18.2 Å². The van der Waals surface area contributed by atoms with E-state index in [1.807, 2.05) is 23.1 Å². The molecule has 1 aromatic rings. The van der Waals surface area contributed by atoms with Crippen LogP contribution in [-0.2, 0) is 4.79 Å². The predicted octanol–water partition coefficient (Wildman–Crippen LogP) is 2.50. The third-order valence-corrected chi connectivity index (χ3v) is 3.68. The van der Waals surface area contributed by atoms with Crippen LogP contribution in [0.4, 0.5) is 5.69 Å². The predicted molar refractivity (Wildman–Crippen MR) is 65.4 cm³/mol. The van der Waals surface area contributed by atoms with Crippen molar-refractivity contribution in [2.75, 3.05) is 11.4 Å². The lowest BCUT2D eigenvalue weighted by Crippen LogP contribution is -2.36. The van der Waals surface area contributed by atoms with E-state index in [1.54, 1.807) is 0 Å². The first-order valence-corrected chi connectivity index (χ1v) is 6.19. The first-order chi connectivity index (χ1) is 8.22. The Morgan fingerprint density at radius 1 is 1.29 bits per heavy atom. The number of ketones is 1. The van der Waals surface area contributed by atoms with Crippen molar-refractivity contribution < 1.29 is 9.59 Å². The molecule has 3 nitrogen and oxygen atoms in total. The van der Waals surface area contributed by atoms with Gasteiger partial charge in [-0.2, -0.15) is 0 Å². The summed E-state index contributed by atoms with van der Waals surface area (Å²) in [6.07, 6.45) is 1.95. The van der Waals surface area contributed by atoms with Crippen molar-refractivity contribution in [2.45, 2.75) is 32.1 Å². The second-order valence-electron chi connectivity index (χ2n) is 4.81. The molecular weight excluding hydrogens is 214 g/mol. The Labute approximate surface area is 100 Å². The van der Waals surface area contributed by atoms with Gasteiger partial charge in [0.15, 0.2) is 5.78 Å². The maximum atomic E-state index is 12.1. The Morgan fingerprint density at radius 2 is 2.12 bits per heavy atom. The Balaban J connectivity index is 2.15. The molecule has 1 aromatic carbocycles. The normalized spacial score (nSPS) is 21.9. The molecule has 0 saturated heterocycles. The van der Waals surface area contributed by atoms with E-state index in [0.717, 1.165) is 29.8 Å². The minimum absolute atomic E-state index is 0.134. The van der Waals surface area contributed by atoms with Crippen LogP contribution in [0.25, 0.3) is 0 Å². The van der Waals surface area contributed by atoms with Gasteiger partial charge in [0, 0.05) is 36.6 Å². The fourth-order valence-corrected chi connectivity index (χ4v) is 2.99. The van der Waals surface area contributed by atoms with Gasteiger partial charge in [0.2, 0.25) is 5.91 Å². The zero-order valence-corrected chi connectivity index (χ0v) is 9.90. The third kappa shape index (κ3) is 1.42. The van der Waals surface area contributed by atoms with E-state index in [1.165, 1.54) is 0 Å². The van der Waals surface area contributed by atoms with Gasteiger partial charge in [-0.25, -0.2) is 0 Å². The molecule has 1 heterocycles. The number of amides is 1. The molecule has 1 amide bonds. The number of benzene rings is 1. The number of anilines is 1. The number of hydrogen-bond acceptors (Lipinski definition) is 2. The molecule has 1 atom stereocenters. The highest BCUT2D eigenvalue weighted by Crippen LogP contribution is 2.45. The topological polar surface area (TPSA) is 37.4 Å². The lowest BCUT2D eigenvalue weighted by atomic mass is 9.91. The molecule has 0 bridgehead atoms. The molecule has 0 radical (unpaired) electrons. The smallest absolute Gasteiger partial charge is 0.227 e. The molecule has 17 heavy (non-hydrogen) atoms. The number of carbonyl (C=O) groups is 2. The monoisotopic (exact) mass is 229 g/mol. The Kier molecular flexibility index (Phi) is 2.28. The number of nitrogens with zero attached hydrogens (tertiary/aromatic N) is 1. The van der Waals surface area contributed by atoms with Crippen LogP contribution in [0.15, 0.2) is 18.2 Å². The van der Waals surface area contributed by atoms with Gasteiger partial charge in [-0.1, -0.05) is 19.1 Å². The van der Waals surface area contributed by atoms with E-state index in [0.29, 0.717) is 12.8 Å². The average molecular weight is 229 g/mol. The molecule has 1 aliphatic carbocycles. The van der Waals surface area contributed by atoms with Crippen molar-refractivity contribution in [3.8, 4) is 0 Å². The van der Waals surface area contributed by atoms with E-state index in [2.05, 4.69) is 6.92 Å². The van der Waals surface area contributed by atoms with Crippen molar-refractivity contribution in [1.82, 2.24) is 0 Å². The van der Waals surface area contributed by atoms with E-state index >= 15 is 0 Å². The van der Waals surface area contributed by atoms with Gasteiger partial charge in [-0.05, 0) is 18.1 Å². The second-order valence-corrected chi connectivity index (χ2v) is 4.81. The molecule has 1 unspecified atom stereocenters. The number of hydrogen-bond donors (Lipinski definition) is 0. The third-order valence-electron chi connectivity index (χ3n) is 3.68. The second kappa shape index (κ2) is 3.69. The first kappa shape index (κ1) is 10.5. The van der Waals surface area contributed by atoms with E-state index in [-0.39, 0.29) is 17.6 Å². The summed E-state index contributed by atoms with van der Waals surface area (Å²) in [6.45, 7) is 2.81. The molecule has 0 spiro atoms. The van der Waals surface area contributed by atoms with Gasteiger partial charge in [0.25, 0.3) is 0 Å². The van der Waals surface area contributed by atoms with Crippen LogP contribution in [0.1, 0.15) is 48.0 Å². The lowest BCUT2D eigenvalue weighted by Gasteiger charge is -2.31. The summed E-state index contributed by atoms with van der Waals surface area (Å²) in [5.74, 6) is 0.489. The van der Waals surface area contributed by atoms with E-state index in [9.17, 15) is 9.59 Å². The Morgan fingerprint density at radius 3 is 2.88 bits per heavy atom. The van der Waals surface area contributed by atoms with Gasteiger partial charge in [0.1, 0.15) is 0 Å². The molecule has 0 aromatic heterocycles. The zero-order valence-electron chi connectivity index (χ0n) is 9.90. The number of Topliss-reactive ketones (excluding diaryl/α,β-unsaturated/α-hetero) is 1. The minimum atomic E-state index is 0.134. The highest BCUT2D eigenvalue weighted by Gasteiger charge is 2.39. The van der Waals surface area contributed by atoms with Crippen molar-refractivity contribution in [2.24, 2.45) is 0 Å². The average Bonchev–Trinajstić information content (AvgIpc) is 2.63. The highest BCUT2D eigenvalue weighted by molar-refractivity contribution is 6.08. The van der Waals surface area contributed by atoms with Crippen molar-refractivity contribution in [3.05, 3.63) is 29.3 Å². The minimum Gasteiger partial charge on any atom is -0.312 e. The summed E-state index contributed by atoms with van der Waals surface area (Å²) >= 11 is 0. The Bertz CT molecular complexity index is 507. The van der Waals surface area contributed by atoms with E-state index < -0.39 is 0 Å². The largest absolute Gasteiger partial charge is 0.312 e. The summed E-state index contributed by atoms with van der Waals surface area (Å²) < 4.78 is 0. The molecule has 3 heteroatoms. The molecule has 88 valence electrons. The quantitative estimate of drug-likeness (QED) is 0.781. The van der Waals surface area contributed by atoms with Crippen LogP contribution < -0.4 is 4.90 Å². The van der Waals surface area contributed by atoms with Crippen molar-refractivity contribution in [1.29, 1.82) is 0 Å². The van der Waals surface area contributed by atoms with Gasteiger partial charge < -0.3 is 4.90 Å². The maximum absolute atomic E-state index is 12.1. The van der Waals surface area contributed by atoms with Gasteiger partial charge in [-0.15, -0.1) is 0 Å². The van der Waals surface area contributed by atoms with Crippen LogP contribution in [0.2, 0.25) is 0 Å². The van der Waals surface area contributed by atoms with Gasteiger partial charge >= 0.3 is 0 Å². The molecule has 2 aliphatic rings. The van der Waals surface area contributed by atoms with Gasteiger partial charge in [-0.3, -0.25) is 9.59 Å². The van der Waals surface area contributed by atoms with Gasteiger partial charge in [0.05, 0.1) is 0 Å². The lowest BCUT2D eigenvalue weighted by molar-refractivity contribution is -0.119. The van der Waals surface area contributed by atoms with Crippen LogP contribution in [0.5, 0.6) is 0 Å². The SMILES string of the molecule is CCCN1C(=O)CC2CC(=O)c3cccc1c32. The molecule has 3 rings (SSSR count). The summed E-state index contributed by atoms with van der Waals surface area (Å²) in [7, 11) is 0. The fraction of sp³-hybridized carbons (Fsp3) is 0.429. The molecule has 0 saturated carbocycles. The van der Waals surface area contributed by atoms with Crippen LogP contribution in [0, 0.1) is 0 Å². The fourth-order valence-electron chi connectivity index (χ4n) is 2.99. The Hall–Kier alpha value is -1.64. The zero-order chi connectivity index (χ0) is 12.0. The standard InChI is InChI=1S/C14H15NO2/c1-2-6-15-11-5-3-4-10-12(16)7-9(14(10)11)8-13(15)17/h3-5,9H,2,6-8H2,1H3. The summed E-state index contributed by atoms with van der Waals surface area (Å²) in [5.41, 5.74) is 2.92. The first-order valence-electron chi connectivity index (χ1n) is 6.19. The highest BCUT2D eigenvalue weighted by atomic mass is 16.2. The van der Waals surface area contributed by atoms with Crippen molar-refractivity contribution >= 4 is 17.4 Å². The van der Waals surface area contributed by atoms with Crippen LogP contribution in [0.3, 0.4) is 0 Å². The number of rotatable bonds is 2. The number of carbonyl (C=O) groups excluding carboxylic acids is 2. The molecule has 1 aliphatic heterocycles. The van der Waals surface area contributed by atoms with E-state index in [4.69, 9.17) is 0 Å². The summed E-state index contributed by atoms with van der Waals surface area (Å²) in [6, 6.07) is 5.74. The van der Waals surface area contributed by atoms with Crippen LogP contribution >= 0.6 is 0 Å². The summed E-state index contributed by atoms with van der Waals surface area (Å²) in [5, 5.41) is 0. The molecule has 0 fully saturated rings. The molecular formula is C14H15NO2. The van der Waals surface area contributed by atoms with Crippen molar-refractivity contribution in [3.63, 3.8) is 0 Å². The summed E-state index contributed by atoms with van der Waals surface area (Å²) in [4.78, 5) is 25.8.